The maximum atomic E-state index is 13.0. The summed E-state index contributed by atoms with van der Waals surface area (Å²) in [7, 11) is 2.24. The summed E-state index contributed by atoms with van der Waals surface area (Å²) in [5.41, 5.74) is 1.74. The maximum absolute atomic E-state index is 13.0. The fourth-order valence-corrected chi connectivity index (χ4v) is 7.81. The molecular weight excluding hydrogens is 522 g/mol. The number of fused-ring (bicyclic) bond motifs is 1. The third-order valence-electron chi connectivity index (χ3n) is 9.28. The molecule has 0 aromatic heterocycles. The van der Waals surface area contributed by atoms with Crippen molar-refractivity contribution >= 4 is 29.5 Å². The molecule has 1 aromatic carbocycles. The number of carbonyl (C=O) groups is 3. The number of piperidine rings is 2. The normalized spacial score (nSPS) is 23.6. The zero-order valence-corrected chi connectivity index (χ0v) is 25.1. The third-order valence-corrected chi connectivity index (χ3v) is 10.5. The molecule has 0 saturated carbocycles. The molecule has 8 nitrogen and oxygen atoms in total. The Labute approximate surface area is 244 Å². The summed E-state index contributed by atoms with van der Waals surface area (Å²) in [6.07, 6.45) is 11.1. The van der Waals surface area contributed by atoms with Gasteiger partial charge in [-0.25, -0.2) is 0 Å². The predicted molar refractivity (Wildman–Crippen MR) is 159 cm³/mol. The van der Waals surface area contributed by atoms with Crippen LogP contribution in [0.1, 0.15) is 80.1 Å². The van der Waals surface area contributed by atoms with Crippen LogP contribution in [0.5, 0.6) is 0 Å². The molecule has 1 N–H and O–H groups in total. The fourth-order valence-electron chi connectivity index (χ4n) is 6.71. The van der Waals surface area contributed by atoms with E-state index in [1.807, 2.05) is 23.9 Å². The highest BCUT2D eigenvalue weighted by Crippen LogP contribution is 2.34. The molecule has 4 heterocycles. The second-order valence-electron chi connectivity index (χ2n) is 12.1. The van der Waals surface area contributed by atoms with Crippen LogP contribution in [0, 0.1) is 0 Å². The van der Waals surface area contributed by atoms with Gasteiger partial charge in [-0.2, -0.15) is 0 Å². The van der Waals surface area contributed by atoms with Gasteiger partial charge < -0.3 is 14.7 Å². The van der Waals surface area contributed by atoms with Gasteiger partial charge in [0.05, 0.1) is 0 Å². The molecule has 1 aromatic rings. The zero-order chi connectivity index (χ0) is 27.9. The van der Waals surface area contributed by atoms with E-state index in [0.29, 0.717) is 18.5 Å². The first kappa shape index (κ1) is 29.5. The average Bonchev–Trinajstić information content (AvgIpc) is 3.29. The maximum Gasteiger partial charge on any atom is 0.255 e. The molecule has 0 spiro atoms. The van der Waals surface area contributed by atoms with E-state index in [4.69, 9.17) is 0 Å². The smallest absolute Gasteiger partial charge is 0.255 e. The van der Waals surface area contributed by atoms with E-state index in [9.17, 15) is 14.4 Å². The number of likely N-dealkylation sites (N-methyl/N-ethyl adjacent to an activating group) is 1. The van der Waals surface area contributed by atoms with Crippen LogP contribution in [-0.4, -0.2) is 108 Å². The van der Waals surface area contributed by atoms with Crippen molar-refractivity contribution in [1.82, 2.24) is 24.9 Å². The van der Waals surface area contributed by atoms with Crippen molar-refractivity contribution < 1.29 is 14.4 Å². The van der Waals surface area contributed by atoms with E-state index in [-0.39, 0.29) is 24.1 Å². The van der Waals surface area contributed by atoms with Gasteiger partial charge in [0.15, 0.2) is 0 Å². The molecule has 1 unspecified atom stereocenters. The van der Waals surface area contributed by atoms with Crippen molar-refractivity contribution in [3.05, 3.63) is 29.3 Å². The molecule has 3 amide bonds. The lowest BCUT2D eigenvalue weighted by Crippen LogP contribution is -2.52. The largest absolute Gasteiger partial charge is 0.322 e. The molecule has 4 aliphatic rings. The minimum atomic E-state index is -0.552. The van der Waals surface area contributed by atoms with Crippen LogP contribution >= 0.6 is 11.8 Å². The Kier molecular flexibility index (Phi) is 10.6. The number of imide groups is 1. The number of carbonyl (C=O) groups excluding carboxylic acids is 3. The van der Waals surface area contributed by atoms with Crippen LogP contribution < -0.4 is 5.32 Å². The molecule has 3 fully saturated rings. The summed E-state index contributed by atoms with van der Waals surface area (Å²) in [6, 6.07) is 6.16. The first-order chi connectivity index (χ1) is 19.5. The molecule has 0 bridgehead atoms. The highest BCUT2D eigenvalue weighted by atomic mass is 32.2. The van der Waals surface area contributed by atoms with E-state index < -0.39 is 6.04 Å². The average molecular weight is 570 g/mol. The minimum Gasteiger partial charge on any atom is -0.322 e. The first-order valence-corrected chi connectivity index (χ1v) is 16.5. The number of nitrogens with zero attached hydrogens (tertiary/aromatic N) is 4. The summed E-state index contributed by atoms with van der Waals surface area (Å²) in [5.74, 6) is 0.355. The predicted octanol–water partition coefficient (Wildman–Crippen LogP) is 3.59. The molecule has 220 valence electrons. The fraction of sp³-hybridized carbons (Fsp3) is 0.710. The highest BCUT2D eigenvalue weighted by molar-refractivity contribution is 7.99. The van der Waals surface area contributed by atoms with Crippen LogP contribution in [0.4, 0.5) is 0 Å². The van der Waals surface area contributed by atoms with Gasteiger partial charge in [0.2, 0.25) is 11.8 Å². The number of unbranched alkanes of at least 4 members (excludes halogenated alkanes) is 5. The van der Waals surface area contributed by atoms with Gasteiger partial charge in [-0.05, 0) is 82.2 Å². The SMILES string of the molecule is CN1CCN(C2CCN(CCCCCCCCSc3cccc4c3CN(C3CCC(=O)NC3=O)C4=O)CC2)CC1. The van der Waals surface area contributed by atoms with Crippen molar-refractivity contribution in [3.8, 4) is 0 Å². The van der Waals surface area contributed by atoms with Crippen LogP contribution in [0.2, 0.25) is 0 Å². The molecule has 3 saturated heterocycles. The summed E-state index contributed by atoms with van der Waals surface area (Å²) < 4.78 is 0. The number of benzene rings is 1. The van der Waals surface area contributed by atoms with E-state index in [0.717, 1.165) is 22.3 Å². The summed E-state index contributed by atoms with van der Waals surface area (Å²) in [6.45, 7) is 9.20. The van der Waals surface area contributed by atoms with Crippen molar-refractivity contribution in [3.63, 3.8) is 0 Å². The number of hydrogen-bond donors (Lipinski definition) is 1. The number of thioether (sulfide) groups is 1. The second-order valence-corrected chi connectivity index (χ2v) is 13.2. The number of piperazine rings is 1. The summed E-state index contributed by atoms with van der Waals surface area (Å²) in [4.78, 5) is 47.5. The lowest BCUT2D eigenvalue weighted by Gasteiger charge is -2.42. The van der Waals surface area contributed by atoms with Crippen molar-refractivity contribution in [1.29, 1.82) is 0 Å². The molecule has 9 heteroatoms. The third kappa shape index (κ3) is 7.46. The quantitative estimate of drug-likeness (QED) is 0.234. The molecule has 5 rings (SSSR count). The van der Waals surface area contributed by atoms with Crippen molar-refractivity contribution in [2.75, 3.05) is 58.6 Å². The molecule has 0 aliphatic carbocycles. The van der Waals surface area contributed by atoms with Gasteiger partial charge in [0.25, 0.3) is 5.91 Å². The Morgan fingerprint density at radius 2 is 1.60 bits per heavy atom. The van der Waals surface area contributed by atoms with Gasteiger partial charge in [-0.1, -0.05) is 31.7 Å². The molecular formula is C31H47N5O3S. The number of amides is 3. The Bertz CT molecular complexity index is 1040. The van der Waals surface area contributed by atoms with Gasteiger partial charge >= 0.3 is 0 Å². The topological polar surface area (TPSA) is 76.2 Å². The Morgan fingerprint density at radius 3 is 2.35 bits per heavy atom. The van der Waals surface area contributed by atoms with E-state index >= 15 is 0 Å². The molecule has 4 aliphatic heterocycles. The minimum absolute atomic E-state index is 0.0913. The van der Waals surface area contributed by atoms with E-state index in [2.05, 4.69) is 33.1 Å². The van der Waals surface area contributed by atoms with Gasteiger partial charge in [-0.3, -0.25) is 24.6 Å². The van der Waals surface area contributed by atoms with Crippen molar-refractivity contribution in [2.45, 2.75) is 87.7 Å². The summed E-state index contributed by atoms with van der Waals surface area (Å²) >= 11 is 1.83. The van der Waals surface area contributed by atoms with Gasteiger partial charge in [-0.15, -0.1) is 11.8 Å². The van der Waals surface area contributed by atoms with Crippen LogP contribution in [0.15, 0.2) is 23.1 Å². The zero-order valence-electron chi connectivity index (χ0n) is 24.2. The lowest BCUT2D eigenvalue weighted by atomic mass is 10.0. The van der Waals surface area contributed by atoms with Crippen LogP contribution in [-0.2, 0) is 16.1 Å². The van der Waals surface area contributed by atoms with Crippen molar-refractivity contribution in [2.24, 2.45) is 0 Å². The number of nitrogens with one attached hydrogen (secondary N) is 1. The Morgan fingerprint density at radius 1 is 0.875 bits per heavy atom. The standard InChI is InChI=1S/C31H47N5O3S/c1-33-18-20-35(21-19-33)24-13-16-34(17-14-24)15-6-4-2-3-5-7-22-40-28-10-8-9-25-26(28)23-36(31(25)39)27-11-12-29(37)32-30(27)38/h8-10,24,27H,2-7,11-23H2,1H3,(H,32,37,38). The first-order valence-electron chi connectivity index (χ1n) is 15.5. The van der Waals surface area contributed by atoms with E-state index in [1.54, 1.807) is 4.90 Å². The monoisotopic (exact) mass is 569 g/mol. The van der Waals surface area contributed by atoms with Gasteiger partial charge in [0, 0.05) is 55.6 Å². The second kappa shape index (κ2) is 14.3. The highest BCUT2D eigenvalue weighted by Gasteiger charge is 2.39. The number of hydrogen-bond acceptors (Lipinski definition) is 7. The molecule has 1 atom stereocenters. The lowest BCUT2D eigenvalue weighted by molar-refractivity contribution is -0.136. The van der Waals surface area contributed by atoms with E-state index in [1.165, 1.54) is 97.2 Å². The number of rotatable bonds is 12. The Balaban J connectivity index is 0.928. The van der Waals surface area contributed by atoms with Crippen LogP contribution in [0.25, 0.3) is 0 Å². The number of likely N-dealkylation sites (tertiary alicyclic amines) is 1. The molecule has 0 radical (unpaired) electrons. The summed E-state index contributed by atoms with van der Waals surface area (Å²) in [5, 5.41) is 2.38. The van der Waals surface area contributed by atoms with Crippen LogP contribution in [0.3, 0.4) is 0 Å². The Hall–Kier alpha value is -1.94. The van der Waals surface area contributed by atoms with Gasteiger partial charge in [0.1, 0.15) is 6.04 Å². The molecule has 40 heavy (non-hydrogen) atoms.